The fraction of sp³-hybridized carbons (Fsp3) is 1.00. The average Bonchev–Trinajstić information content (AvgIpc) is 2.19. The molecular weight excluding hydrogens is 184 g/mol. The highest BCUT2D eigenvalue weighted by molar-refractivity contribution is 4.79. The van der Waals surface area contributed by atoms with E-state index in [0.717, 1.165) is 18.0 Å². The molecule has 1 N–H and O–H groups in total. The fourth-order valence-corrected chi connectivity index (χ4v) is 2.85. The van der Waals surface area contributed by atoms with Crippen molar-refractivity contribution in [3.63, 3.8) is 0 Å². The number of likely N-dealkylation sites (N-methyl/N-ethyl adjacent to an activating group) is 1. The van der Waals surface area contributed by atoms with Gasteiger partial charge in [-0.3, -0.25) is 0 Å². The van der Waals surface area contributed by atoms with E-state index in [4.69, 9.17) is 0 Å². The molecule has 15 heavy (non-hydrogen) atoms. The molecule has 0 amide bonds. The van der Waals surface area contributed by atoms with Crippen LogP contribution >= 0.6 is 0 Å². The minimum atomic E-state index is 0.733. The maximum atomic E-state index is 3.63. The molecule has 0 aromatic carbocycles. The number of hydrogen-bond donors (Lipinski definition) is 1. The van der Waals surface area contributed by atoms with E-state index in [2.05, 4.69) is 38.0 Å². The third kappa shape index (κ3) is 4.12. The lowest BCUT2D eigenvalue weighted by Gasteiger charge is -2.35. The summed E-state index contributed by atoms with van der Waals surface area (Å²) in [5, 5.41) is 3.63. The van der Waals surface area contributed by atoms with Gasteiger partial charge in [-0.25, -0.2) is 0 Å². The van der Waals surface area contributed by atoms with Gasteiger partial charge >= 0.3 is 0 Å². The van der Waals surface area contributed by atoms with Crippen LogP contribution in [-0.4, -0.2) is 37.1 Å². The predicted molar refractivity (Wildman–Crippen MR) is 67.2 cm³/mol. The van der Waals surface area contributed by atoms with E-state index >= 15 is 0 Å². The molecule has 2 unspecified atom stereocenters. The highest BCUT2D eigenvalue weighted by Crippen LogP contribution is 2.15. The molecule has 1 fully saturated rings. The largest absolute Gasteiger partial charge is 0.313 e. The summed E-state index contributed by atoms with van der Waals surface area (Å²) in [6.07, 6.45) is 5.39. The number of nitrogens with zero attached hydrogens (tertiary/aromatic N) is 1. The molecule has 0 radical (unpaired) electrons. The molecule has 1 saturated heterocycles. The van der Waals surface area contributed by atoms with Gasteiger partial charge in [0, 0.05) is 18.6 Å². The molecule has 1 aliphatic heterocycles. The second-order valence-corrected chi connectivity index (χ2v) is 5.31. The van der Waals surface area contributed by atoms with Crippen LogP contribution in [0.4, 0.5) is 0 Å². The lowest BCUT2D eigenvalue weighted by molar-refractivity contribution is 0.160. The van der Waals surface area contributed by atoms with Crippen molar-refractivity contribution in [1.82, 2.24) is 10.2 Å². The van der Waals surface area contributed by atoms with E-state index in [1.165, 1.54) is 38.8 Å². The minimum absolute atomic E-state index is 0.733. The molecule has 1 rings (SSSR count). The summed E-state index contributed by atoms with van der Waals surface area (Å²) in [4.78, 5) is 2.55. The average molecular weight is 212 g/mol. The topological polar surface area (TPSA) is 15.3 Å². The van der Waals surface area contributed by atoms with Gasteiger partial charge in [-0.2, -0.15) is 0 Å². The monoisotopic (exact) mass is 212 g/mol. The van der Waals surface area contributed by atoms with Gasteiger partial charge in [0.05, 0.1) is 0 Å². The van der Waals surface area contributed by atoms with Crippen LogP contribution in [0.25, 0.3) is 0 Å². The number of rotatable bonds is 5. The Bertz CT molecular complexity index is 162. The Hall–Kier alpha value is -0.0800. The fourth-order valence-electron chi connectivity index (χ4n) is 2.85. The lowest BCUT2D eigenvalue weighted by atomic mass is 9.98. The zero-order valence-corrected chi connectivity index (χ0v) is 10.9. The normalized spacial score (nSPS) is 24.8. The molecule has 1 heterocycles. The number of piperidine rings is 1. The van der Waals surface area contributed by atoms with Gasteiger partial charge < -0.3 is 10.2 Å². The second kappa shape index (κ2) is 6.49. The highest BCUT2D eigenvalue weighted by Gasteiger charge is 2.20. The van der Waals surface area contributed by atoms with Crippen LogP contribution < -0.4 is 5.32 Å². The van der Waals surface area contributed by atoms with E-state index in [9.17, 15) is 0 Å². The van der Waals surface area contributed by atoms with Crippen LogP contribution in [0.3, 0.4) is 0 Å². The first-order valence-corrected chi connectivity index (χ1v) is 6.58. The van der Waals surface area contributed by atoms with E-state index in [1.54, 1.807) is 0 Å². The summed E-state index contributed by atoms with van der Waals surface area (Å²) in [5.74, 6) is 0.767. The summed E-state index contributed by atoms with van der Waals surface area (Å²) in [6, 6.07) is 1.48. The van der Waals surface area contributed by atoms with Crippen LogP contribution in [0, 0.1) is 5.92 Å². The molecule has 0 aromatic rings. The van der Waals surface area contributed by atoms with Gasteiger partial charge in [0.25, 0.3) is 0 Å². The Labute approximate surface area is 95.4 Å². The predicted octanol–water partition coefficient (Wildman–Crippen LogP) is 2.49. The van der Waals surface area contributed by atoms with Gasteiger partial charge in [-0.15, -0.1) is 0 Å². The minimum Gasteiger partial charge on any atom is -0.313 e. The molecule has 2 atom stereocenters. The maximum absolute atomic E-state index is 3.63. The van der Waals surface area contributed by atoms with Crippen molar-refractivity contribution < 1.29 is 0 Å². The first-order valence-electron chi connectivity index (χ1n) is 6.58. The number of nitrogens with one attached hydrogen (secondary N) is 1. The van der Waals surface area contributed by atoms with Crippen molar-refractivity contribution in [2.45, 2.75) is 58.5 Å². The van der Waals surface area contributed by atoms with E-state index in [-0.39, 0.29) is 0 Å². The Morgan fingerprint density at radius 3 is 2.53 bits per heavy atom. The molecule has 2 heteroatoms. The molecule has 0 saturated carbocycles. The summed E-state index contributed by atoms with van der Waals surface area (Å²) in [6.45, 7) is 9.40. The summed E-state index contributed by atoms with van der Waals surface area (Å²) in [7, 11) is 2.28. The van der Waals surface area contributed by atoms with Crippen LogP contribution in [-0.2, 0) is 0 Å². The Kier molecular flexibility index (Phi) is 5.62. The molecule has 1 aliphatic rings. The van der Waals surface area contributed by atoms with Crippen molar-refractivity contribution in [3.05, 3.63) is 0 Å². The molecule has 0 spiro atoms. The van der Waals surface area contributed by atoms with Gasteiger partial charge in [0.1, 0.15) is 0 Å². The smallest absolute Gasteiger partial charge is 0.0195 e. The Morgan fingerprint density at radius 1 is 1.33 bits per heavy atom. The molecule has 0 aliphatic carbocycles. The van der Waals surface area contributed by atoms with Crippen LogP contribution in [0.5, 0.6) is 0 Å². The van der Waals surface area contributed by atoms with Crippen LogP contribution in [0.2, 0.25) is 0 Å². The van der Waals surface area contributed by atoms with E-state index < -0.39 is 0 Å². The Morgan fingerprint density at radius 2 is 2.07 bits per heavy atom. The molecule has 2 nitrogen and oxygen atoms in total. The molecular formula is C13H28N2. The lowest BCUT2D eigenvalue weighted by Crippen LogP contribution is -2.46. The maximum Gasteiger partial charge on any atom is 0.0195 e. The third-order valence-electron chi connectivity index (χ3n) is 3.67. The van der Waals surface area contributed by atoms with Crippen LogP contribution in [0.15, 0.2) is 0 Å². The zero-order valence-electron chi connectivity index (χ0n) is 10.9. The van der Waals surface area contributed by atoms with Gasteiger partial charge in [-0.1, -0.05) is 27.2 Å². The SMILES string of the molecule is CCC(C(C)C)N(C)CC1CCCCN1. The van der Waals surface area contributed by atoms with E-state index in [1.807, 2.05) is 0 Å². The molecule has 0 bridgehead atoms. The standard InChI is InChI=1S/C13H28N2/c1-5-13(11(2)3)15(4)10-12-8-6-7-9-14-12/h11-14H,5-10H2,1-4H3. The van der Waals surface area contributed by atoms with Crippen molar-refractivity contribution in [1.29, 1.82) is 0 Å². The summed E-state index contributed by atoms with van der Waals surface area (Å²) < 4.78 is 0. The highest BCUT2D eigenvalue weighted by atomic mass is 15.2. The first-order chi connectivity index (χ1) is 7.15. The van der Waals surface area contributed by atoms with Gasteiger partial charge in [-0.05, 0) is 38.8 Å². The van der Waals surface area contributed by atoms with Gasteiger partial charge in [0.2, 0.25) is 0 Å². The van der Waals surface area contributed by atoms with Gasteiger partial charge in [0.15, 0.2) is 0 Å². The van der Waals surface area contributed by atoms with Crippen molar-refractivity contribution in [2.75, 3.05) is 20.1 Å². The Balaban J connectivity index is 2.34. The molecule has 90 valence electrons. The third-order valence-corrected chi connectivity index (χ3v) is 3.67. The van der Waals surface area contributed by atoms with E-state index in [0.29, 0.717) is 0 Å². The second-order valence-electron chi connectivity index (χ2n) is 5.31. The zero-order chi connectivity index (χ0) is 11.3. The summed E-state index contributed by atoms with van der Waals surface area (Å²) >= 11 is 0. The van der Waals surface area contributed by atoms with Crippen molar-refractivity contribution >= 4 is 0 Å². The first kappa shape index (κ1) is 13.0. The quantitative estimate of drug-likeness (QED) is 0.753. The van der Waals surface area contributed by atoms with Crippen LogP contribution in [0.1, 0.15) is 46.5 Å². The van der Waals surface area contributed by atoms with Crippen molar-refractivity contribution in [3.8, 4) is 0 Å². The number of hydrogen-bond acceptors (Lipinski definition) is 2. The summed E-state index contributed by atoms with van der Waals surface area (Å²) in [5.41, 5.74) is 0. The van der Waals surface area contributed by atoms with Crippen molar-refractivity contribution in [2.24, 2.45) is 5.92 Å². The molecule has 0 aromatic heterocycles.